The van der Waals surface area contributed by atoms with E-state index < -0.39 is 0 Å². The standard InChI is InChI=1S/C21H18N2O3/c1-14-3-6-17(11-15(14)2)19-13-23-20(26-19)9-10-21(24)25-18-7-4-16(12-22)5-8-18/h3-8,11,13H,9-10H2,1-2H3. The van der Waals surface area contributed by atoms with Crippen LogP contribution in [-0.2, 0) is 11.2 Å². The highest BCUT2D eigenvalue weighted by Gasteiger charge is 2.11. The fraction of sp³-hybridized carbons (Fsp3) is 0.190. The summed E-state index contributed by atoms with van der Waals surface area (Å²) in [5.74, 6) is 1.22. The van der Waals surface area contributed by atoms with Crippen LogP contribution in [0.3, 0.4) is 0 Å². The number of hydrogen-bond donors (Lipinski definition) is 0. The van der Waals surface area contributed by atoms with Crippen LogP contribution in [0.25, 0.3) is 11.3 Å². The summed E-state index contributed by atoms with van der Waals surface area (Å²) in [5.41, 5.74) is 3.89. The number of carbonyl (C=O) groups excluding carboxylic acids is 1. The first-order valence-electron chi connectivity index (χ1n) is 8.28. The van der Waals surface area contributed by atoms with Crippen LogP contribution in [0, 0.1) is 25.2 Å². The van der Waals surface area contributed by atoms with Crippen molar-refractivity contribution >= 4 is 5.97 Å². The van der Waals surface area contributed by atoms with Gasteiger partial charge in [-0.25, -0.2) is 4.98 Å². The lowest BCUT2D eigenvalue weighted by Crippen LogP contribution is -2.09. The minimum atomic E-state index is -0.374. The molecule has 0 bridgehead atoms. The fourth-order valence-electron chi connectivity index (χ4n) is 2.44. The van der Waals surface area contributed by atoms with Gasteiger partial charge < -0.3 is 9.15 Å². The first kappa shape index (κ1) is 17.4. The van der Waals surface area contributed by atoms with Crippen LogP contribution in [0.1, 0.15) is 29.0 Å². The molecule has 1 heterocycles. The molecule has 0 spiro atoms. The van der Waals surface area contributed by atoms with E-state index in [0.29, 0.717) is 29.4 Å². The van der Waals surface area contributed by atoms with Crippen molar-refractivity contribution < 1.29 is 13.9 Å². The quantitative estimate of drug-likeness (QED) is 0.506. The summed E-state index contributed by atoms with van der Waals surface area (Å²) in [4.78, 5) is 16.2. The molecule has 0 aliphatic rings. The largest absolute Gasteiger partial charge is 0.441 e. The lowest BCUT2D eigenvalue weighted by Gasteiger charge is -2.03. The zero-order valence-corrected chi connectivity index (χ0v) is 14.7. The van der Waals surface area contributed by atoms with Crippen LogP contribution >= 0.6 is 0 Å². The Labute approximate surface area is 151 Å². The molecule has 0 N–H and O–H groups in total. The van der Waals surface area contributed by atoms with E-state index in [9.17, 15) is 4.79 Å². The van der Waals surface area contributed by atoms with Crippen molar-refractivity contribution in [1.82, 2.24) is 4.98 Å². The highest BCUT2D eigenvalue weighted by Crippen LogP contribution is 2.23. The van der Waals surface area contributed by atoms with Gasteiger partial charge in [0.05, 0.1) is 24.3 Å². The summed E-state index contributed by atoms with van der Waals surface area (Å²) in [7, 11) is 0. The molecule has 130 valence electrons. The second-order valence-electron chi connectivity index (χ2n) is 6.03. The molecule has 0 saturated heterocycles. The van der Waals surface area contributed by atoms with Gasteiger partial charge in [0.15, 0.2) is 11.7 Å². The third-order valence-electron chi connectivity index (χ3n) is 4.10. The van der Waals surface area contributed by atoms with Crippen LogP contribution in [0.5, 0.6) is 5.75 Å². The molecule has 0 aliphatic carbocycles. The summed E-state index contributed by atoms with van der Waals surface area (Å²) in [6.07, 6.45) is 2.19. The van der Waals surface area contributed by atoms with Crippen molar-refractivity contribution in [3.05, 3.63) is 71.2 Å². The Morgan fingerprint density at radius 2 is 1.92 bits per heavy atom. The summed E-state index contributed by atoms with van der Waals surface area (Å²) in [6.45, 7) is 4.11. The second-order valence-corrected chi connectivity index (χ2v) is 6.03. The van der Waals surface area contributed by atoms with Gasteiger partial charge in [0.1, 0.15) is 5.75 Å². The average molecular weight is 346 g/mol. The number of benzene rings is 2. The minimum absolute atomic E-state index is 0.160. The van der Waals surface area contributed by atoms with E-state index >= 15 is 0 Å². The van der Waals surface area contributed by atoms with E-state index in [1.54, 1.807) is 30.5 Å². The lowest BCUT2D eigenvalue weighted by molar-refractivity contribution is -0.134. The van der Waals surface area contributed by atoms with E-state index in [-0.39, 0.29) is 12.4 Å². The van der Waals surface area contributed by atoms with Crippen molar-refractivity contribution in [2.24, 2.45) is 0 Å². The molecule has 0 fully saturated rings. The van der Waals surface area contributed by atoms with Crippen LogP contribution < -0.4 is 4.74 Å². The van der Waals surface area contributed by atoms with E-state index in [1.165, 1.54) is 11.1 Å². The molecule has 0 amide bonds. The van der Waals surface area contributed by atoms with Gasteiger partial charge in [0.25, 0.3) is 0 Å². The van der Waals surface area contributed by atoms with Crippen LogP contribution in [0.2, 0.25) is 0 Å². The normalized spacial score (nSPS) is 10.3. The van der Waals surface area contributed by atoms with E-state index in [1.807, 2.05) is 18.2 Å². The maximum absolute atomic E-state index is 11.9. The van der Waals surface area contributed by atoms with Crippen molar-refractivity contribution in [1.29, 1.82) is 5.26 Å². The summed E-state index contributed by atoms with van der Waals surface area (Å²) >= 11 is 0. The maximum atomic E-state index is 11.9. The number of oxazole rings is 1. The number of esters is 1. The van der Waals surface area contributed by atoms with E-state index in [4.69, 9.17) is 14.4 Å². The van der Waals surface area contributed by atoms with Gasteiger partial charge in [-0.1, -0.05) is 12.1 Å². The molecule has 5 heteroatoms. The fourth-order valence-corrected chi connectivity index (χ4v) is 2.44. The average Bonchev–Trinajstić information content (AvgIpc) is 3.12. The third kappa shape index (κ3) is 4.17. The predicted octanol–water partition coefficient (Wildman–Crippen LogP) is 4.37. The number of nitriles is 1. The molecule has 0 radical (unpaired) electrons. The van der Waals surface area contributed by atoms with E-state index in [0.717, 1.165) is 5.56 Å². The van der Waals surface area contributed by atoms with Crippen LogP contribution in [-0.4, -0.2) is 11.0 Å². The summed E-state index contributed by atoms with van der Waals surface area (Å²) in [5, 5.41) is 8.76. The van der Waals surface area contributed by atoms with Crippen molar-refractivity contribution in [2.75, 3.05) is 0 Å². The van der Waals surface area contributed by atoms with Gasteiger partial charge in [0.2, 0.25) is 0 Å². The monoisotopic (exact) mass is 346 g/mol. The van der Waals surface area contributed by atoms with Crippen molar-refractivity contribution in [3.8, 4) is 23.1 Å². The topological polar surface area (TPSA) is 76.1 Å². The third-order valence-corrected chi connectivity index (χ3v) is 4.10. The molecule has 1 aromatic heterocycles. The first-order valence-corrected chi connectivity index (χ1v) is 8.28. The number of carbonyl (C=O) groups is 1. The SMILES string of the molecule is Cc1ccc(-c2cnc(CCC(=O)Oc3ccc(C#N)cc3)o2)cc1C. The molecule has 2 aromatic carbocycles. The zero-order valence-electron chi connectivity index (χ0n) is 14.7. The first-order chi connectivity index (χ1) is 12.5. The van der Waals surface area contributed by atoms with Crippen LogP contribution in [0.15, 0.2) is 53.1 Å². The van der Waals surface area contributed by atoms with E-state index in [2.05, 4.69) is 24.9 Å². The maximum Gasteiger partial charge on any atom is 0.311 e. The molecule has 0 aliphatic heterocycles. The number of ether oxygens (including phenoxy) is 1. The Balaban J connectivity index is 1.58. The highest BCUT2D eigenvalue weighted by molar-refractivity contribution is 5.72. The van der Waals surface area contributed by atoms with Gasteiger partial charge in [-0.3, -0.25) is 4.79 Å². The van der Waals surface area contributed by atoms with Gasteiger partial charge in [-0.05, 0) is 55.3 Å². The van der Waals surface area contributed by atoms with Gasteiger partial charge in [-0.2, -0.15) is 5.26 Å². The van der Waals surface area contributed by atoms with Crippen LogP contribution in [0.4, 0.5) is 0 Å². The number of hydrogen-bond acceptors (Lipinski definition) is 5. The highest BCUT2D eigenvalue weighted by atomic mass is 16.5. The minimum Gasteiger partial charge on any atom is -0.441 e. The molecule has 26 heavy (non-hydrogen) atoms. The molecular weight excluding hydrogens is 328 g/mol. The Hall–Kier alpha value is -3.39. The smallest absolute Gasteiger partial charge is 0.311 e. The summed E-state index contributed by atoms with van der Waals surface area (Å²) in [6, 6.07) is 14.5. The van der Waals surface area contributed by atoms with Gasteiger partial charge >= 0.3 is 5.97 Å². The summed E-state index contributed by atoms with van der Waals surface area (Å²) < 4.78 is 11.0. The molecular formula is C21H18N2O3. The van der Waals surface area contributed by atoms with Crippen molar-refractivity contribution in [3.63, 3.8) is 0 Å². The Morgan fingerprint density at radius 1 is 1.15 bits per heavy atom. The number of nitrogens with zero attached hydrogens (tertiary/aromatic N) is 2. The Bertz CT molecular complexity index is 966. The van der Waals surface area contributed by atoms with Gasteiger partial charge in [-0.15, -0.1) is 0 Å². The van der Waals surface area contributed by atoms with Gasteiger partial charge in [0, 0.05) is 12.0 Å². The molecule has 3 aromatic rings. The molecule has 5 nitrogen and oxygen atoms in total. The zero-order chi connectivity index (χ0) is 18.5. The predicted molar refractivity (Wildman–Crippen MR) is 96.5 cm³/mol. The second kappa shape index (κ2) is 7.66. The number of aromatic nitrogens is 1. The number of aryl methyl sites for hydroxylation is 3. The molecule has 0 unspecified atom stereocenters. The van der Waals surface area contributed by atoms with Crippen molar-refractivity contribution in [2.45, 2.75) is 26.7 Å². The lowest BCUT2D eigenvalue weighted by atomic mass is 10.1. The number of rotatable bonds is 5. The molecule has 0 saturated carbocycles. The Morgan fingerprint density at radius 3 is 2.62 bits per heavy atom. The molecule has 3 rings (SSSR count). The molecule has 0 atom stereocenters. The Kier molecular flexibility index (Phi) is 5.14.